The third-order valence-electron chi connectivity index (χ3n) is 2.86. The van der Waals surface area contributed by atoms with Crippen LogP contribution < -0.4 is 5.32 Å². The van der Waals surface area contributed by atoms with Crippen LogP contribution in [0.1, 0.15) is 24.2 Å². The first-order valence-corrected chi connectivity index (χ1v) is 6.17. The van der Waals surface area contributed by atoms with Crippen LogP contribution in [0.15, 0.2) is 18.2 Å². The summed E-state index contributed by atoms with van der Waals surface area (Å²) in [4.78, 5) is 4.53. The molecule has 0 unspecified atom stereocenters. The Bertz CT molecular complexity index is 338. The zero-order valence-corrected chi connectivity index (χ0v) is 10.3. The van der Waals surface area contributed by atoms with E-state index in [1.807, 2.05) is 25.2 Å². The molecule has 4 heteroatoms. The van der Waals surface area contributed by atoms with E-state index in [4.69, 9.17) is 9.47 Å². The minimum atomic E-state index is 0.332. The van der Waals surface area contributed by atoms with Crippen LogP contribution >= 0.6 is 0 Å². The van der Waals surface area contributed by atoms with Crippen LogP contribution in [0, 0.1) is 0 Å². The van der Waals surface area contributed by atoms with Crippen molar-refractivity contribution in [2.45, 2.75) is 32.1 Å². The second-order valence-corrected chi connectivity index (χ2v) is 4.27. The van der Waals surface area contributed by atoms with Gasteiger partial charge in [-0.3, -0.25) is 4.98 Å². The van der Waals surface area contributed by atoms with Crippen molar-refractivity contribution in [2.24, 2.45) is 0 Å². The molecule has 1 saturated heterocycles. The van der Waals surface area contributed by atoms with Crippen LogP contribution in [0.25, 0.3) is 0 Å². The lowest BCUT2D eigenvalue weighted by Crippen LogP contribution is -2.23. The zero-order valence-electron chi connectivity index (χ0n) is 10.3. The fourth-order valence-corrected chi connectivity index (χ4v) is 1.94. The van der Waals surface area contributed by atoms with E-state index in [2.05, 4.69) is 10.3 Å². The first-order chi connectivity index (χ1) is 8.38. The number of rotatable bonds is 5. The molecule has 1 fully saturated rings. The molecule has 1 aromatic rings. The second-order valence-electron chi connectivity index (χ2n) is 4.27. The molecule has 2 rings (SSSR count). The van der Waals surface area contributed by atoms with Gasteiger partial charge in [-0.1, -0.05) is 6.07 Å². The number of hydrogen-bond acceptors (Lipinski definition) is 4. The Labute approximate surface area is 102 Å². The minimum absolute atomic E-state index is 0.332. The number of pyridine rings is 1. The van der Waals surface area contributed by atoms with Gasteiger partial charge in [0.25, 0.3) is 0 Å². The molecular weight excluding hydrogens is 216 g/mol. The fraction of sp³-hybridized carbons (Fsp3) is 0.615. The Morgan fingerprint density at radius 3 is 2.88 bits per heavy atom. The average molecular weight is 236 g/mol. The summed E-state index contributed by atoms with van der Waals surface area (Å²) in [5, 5.41) is 3.10. The highest BCUT2D eigenvalue weighted by Crippen LogP contribution is 2.12. The number of hydrogen-bond donors (Lipinski definition) is 1. The van der Waals surface area contributed by atoms with Crippen LogP contribution in [0.2, 0.25) is 0 Å². The molecule has 0 radical (unpaired) electrons. The summed E-state index contributed by atoms with van der Waals surface area (Å²) in [6, 6.07) is 6.06. The van der Waals surface area contributed by atoms with E-state index < -0.39 is 0 Å². The lowest BCUT2D eigenvalue weighted by Gasteiger charge is -2.22. The normalized spacial score (nSPS) is 17.2. The average Bonchev–Trinajstić information content (AvgIpc) is 2.39. The standard InChI is InChI=1S/C13H20N2O2/c1-14-9-11-3-2-4-12(15-11)10-17-13-5-7-16-8-6-13/h2-4,13-14H,5-10H2,1H3. The van der Waals surface area contributed by atoms with Gasteiger partial charge in [0.05, 0.1) is 24.1 Å². The number of nitrogens with zero attached hydrogens (tertiary/aromatic N) is 1. The molecule has 17 heavy (non-hydrogen) atoms. The highest BCUT2D eigenvalue weighted by atomic mass is 16.5. The van der Waals surface area contributed by atoms with Gasteiger partial charge < -0.3 is 14.8 Å². The van der Waals surface area contributed by atoms with Crippen LogP contribution in [-0.2, 0) is 22.6 Å². The van der Waals surface area contributed by atoms with Crippen molar-refractivity contribution in [3.63, 3.8) is 0 Å². The molecule has 1 aliphatic heterocycles. The first kappa shape index (κ1) is 12.5. The van der Waals surface area contributed by atoms with Gasteiger partial charge in [0.2, 0.25) is 0 Å². The summed E-state index contributed by atoms with van der Waals surface area (Å²) in [5.74, 6) is 0. The fourth-order valence-electron chi connectivity index (χ4n) is 1.94. The van der Waals surface area contributed by atoms with Crippen LogP contribution in [-0.4, -0.2) is 31.3 Å². The molecule has 0 atom stereocenters. The highest BCUT2D eigenvalue weighted by molar-refractivity contribution is 5.10. The monoisotopic (exact) mass is 236 g/mol. The molecule has 4 nitrogen and oxygen atoms in total. The van der Waals surface area contributed by atoms with Crippen molar-refractivity contribution in [1.82, 2.24) is 10.3 Å². The molecular formula is C13H20N2O2. The Morgan fingerprint density at radius 1 is 1.35 bits per heavy atom. The number of nitrogens with one attached hydrogen (secondary N) is 1. The smallest absolute Gasteiger partial charge is 0.0891 e. The van der Waals surface area contributed by atoms with Gasteiger partial charge in [-0.05, 0) is 32.0 Å². The minimum Gasteiger partial charge on any atom is -0.381 e. The van der Waals surface area contributed by atoms with Crippen LogP contribution in [0.3, 0.4) is 0 Å². The topological polar surface area (TPSA) is 43.4 Å². The van der Waals surface area contributed by atoms with Crippen molar-refractivity contribution >= 4 is 0 Å². The third-order valence-corrected chi connectivity index (χ3v) is 2.86. The van der Waals surface area contributed by atoms with Crippen molar-refractivity contribution < 1.29 is 9.47 Å². The van der Waals surface area contributed by atoms with Crippen molar-refractivity contribution in [2.75, 3.05) is 20.3 Å². The van der Waals surface area contributed by atoms with Gasteiger partial charge in [0.1, 0.15) is 0 Å². The molecule has 0 saturated carbocycles. The zero-order chi connectivity index (χ0) is 11.9. The van der Waals surface area contributed by atoms with E-state index >= 15 is 0 Å². The molecule has 0 amide bonds. The van der Waals surface area contributed by atoms with Crippen molar-refractivity contribution in [3.05, 3.63) is 29.6 Å². The molecule has 0 bridgehead atoms. The molecule has 1 aromatic heterocycles. The summed E-state index contributed by atoms with van der Waals surface area (Å²) in [6.07, 6.45) is 2.32. The molecule has 94 valence electrons. The van der Waals surface area contributed by atoms with Crippen molar-refractivity contribution in [1.29, 1.82) is 0 Å². The summed E-state index contributed by atoms with van der Waals surface area (Å²) < 4.78 is 11.1. The van der Waals surface area contributed by atoms with Gasteiger partial charge in [-0.2, -0.15) is 0 Å². The molecule has 0 aliphatic carbocycles. The molecule has 2 heterocycles. The SMILES string of the molecule is CNCc1cccc(COC2CCOCC2)n1. The third kappa shape index (κ3) is 4.07. The summed E-state index contributed by atoms with van der Waals surface area (Å²) in [7, 11) is 1.92. The quantitative estimate of drug-likeness (QED) is 0.841. The van der Waals surface area contributed by atoms with Gasteiger partial charge in [0, 0.05) is 19.8 Å². The largest absolute Gasteiger partial charge is 0.381 e. The van der Waals surface area contributed by atoms with E-state index in [1.54, 1.807) is 0 Å². The predicted molar refractivity (Wildman–Crippen MR) is 65.6 cm³/mol. The van der Waals surface area contributed by atoms with Gasteiger partial charge in [-0.25, -0.2) is 0 Å². The van der Waals surface area contributed by atoms with Crippen LogP contribution in [0.5, 0.6) is 0 Å². The lowest BCUT2D eigenvalue weighted by molar-refractivity contribution is -0.0399. The maximum atomic E-state index is 5.84. The second kappa shape index (κ2) is 6.69. The Hall–Kier alpha value is -0.970. The van der Waals surface area contributed by atoms with E-state index in [0.29, 0.717) is 12.7 Å². The first-order valence-electron chi connectivity index (χ1n) is 6.17. The molecule has 1 aliphatic rings. The Kier molecular flexibility index (Phi) is 4.91. The van der Waals surface area contributed by atoms with Gasteiger partial charge in [0.15, 0.2) is 0 Å². The maximum Gasteiger partial charge on any atom is 0.0891 e. The van der Waals surface area contributed by atoms with E-state index in [0.717, 1.165) is 44.0 Å². The van der Waals surface area contributed by atoms with Crippen LogP contribution in [0.4, 0.5) is 0 Å². The summed E-state index contributed by atoms with van der Waals surface area (Å²) in [5.41, 5.74) is 2.06. The summed E-state index contributed by atoms with van der Waals surface area (Å²) in [6.45, 7) is 3.03. The Morgan fingerprint density at radius 2 is 2.12 bits per heavy atom. The Balaban J connectivity index is 1.83. The van der Waals surface area contributed by atoms with E-state index in [9.17, 15) is 0 Å². The molecule has 0 aromatic carbocycles. The van der Waals surface area contributed by atoms with Gasteiger partial charge >= 0.3 is 0 Å². The lowest BCUT2D eigenvalue weighted by atomic mass is 10.1. The summed E-state index contributed by atoms with van der Waals surface area (Å²) >= 11 is 0. The van der Waals surface area contributed by atoms with E-state index in [-0.39, 0.29) is 0 Å². The maximum absolute atomic E-state index is 5.84. The van der Waals surface area contributed by atoms with Crippen molar-refractivity contribution in [3.8, 4) is 0 Å². The van der Waals surface area contributed by atoms with Gasteiger partial charge in [-0.15, -0.1) is 0 Å². The number of aromatic nitrogens is 1. The predicted octanol–water partition coefficient (Wildman–Crippen LogP) is 1.50. The molecule has 0 spiro atoms. The number of ether oxygens (including phenoxy) is 2. The molecule has 1 N–H and O–H groups in total. The van der Waals surface area contributed by atoms with E-state index in [1.165, 1.54) is 0 Å². The highest BCUT2D eigenvalue weighted by Gasteiger charge is 2.14.